The van der Waals surface area contributed by atoms with Gasteiger partial charge in [0.25, 0.3) is 0 Å². The van der Waals surface area contributed by atoms with Crippen LogP contribution in [0.5, 0.6) is 0 Å². The van der Waals surface area contributed by atoms with Gasteiger partial charge in [-0.1, -0.05) is 12.1 Å². The molecule has 112 valence electrons. The standard InChI is InChI=1S/C15H19N3O3/c1-18(9-5-8-15(20)21-2)11-14(19)17-13-7-4-3-6-12(13)10-16/h3-4,6-7H,5,8-9,11H2,1-2H3,(H,17,19). The van der Waals surface area contributed by atoms with Gasteiger partial charge in [0, 0.05) is 6.42 Å². The average molecular weight is 289 g/mol. The van der Waals surface area contributed by atoms with Gasteiger partial charge in [0.05, 0.1) is 24.9 Å². The summed E-state index contributed by atoms with van der Waals surface area (Å²) >= 11 is 0. The van der Waals surface area contributed by atoms with Crippen molar-refractivity contribution in [3.8, 4) is 6.07 Å². The van der Waals surface area contributed by atoms with Crippen LogP contribution in [0.1, 0.15) is 18.4 Å². The Labute approximate surface area is 124 Å². The number of nitrogens with zero attached hydrogens (tertiary/aromatic N) is 2. The summed E-state index contributed by atoms with van der Waals surface area (Å²) in [7, 11) is 3.15. The van der Waals surface area contributed by atoms with Crippen LogP contribution in [0, 0.1) is 11.3 Å². The third-order valence-corrected chi connectivity index (χ3v) is 2.88. The van der Waals surface area contributed by atoms with Crippen molar-refractivity contribution in [1.29, 1.82) is 5.26 Å². The second-order valence-corrected chi connectivity index (χ2v) is 4.62. The van der Waals surface area contributed by atoms with Gasteiger partial charge in [-0.05, 0) is 32.1 Å². The van der Waals surface area contributed by atoms with E-state index in [2.05, 4.69) is 10.1 Å². The third kappa shape index (κ3) is 6.06. The smallest absolute Gasteiger partial charge is 0.305 e. The Hall–Kier alpha value is -2.39. The molecule has 0 radical (unpaired) electrons. The molecule has 6 heteroatoms. The molecule has 0 aromatic heterocycles. The number of rotatable bonds is 7. The van der Waals surface area contributed by atoms with Crippen molar-refractivity contribution in [1.82, 2.24) is 4.90 Å². The zero-order valence-electron chi connectivity index (χ0n) is 12.3. The highest BCUT2D eigenvalue weighted by atomic mass is 16.5. The first-order chi connectivity index (χ1) is 10.1. The minimum Gasteiger partial charge on any atom is -0.469 e. The van der Waals surface area contributed by atoms with E-state index < -0.39 is 0 Å². The number of nitriles is 1. The van der Waals surface area contributed by atoms with Crippen molar-refractivity contribution < 1.29 is 14.3 Å². The van der Waals surface area contributed by atoms with Gasteiger partial charge >= 0.3 is 5.97 Å². The van der Waals surface area contributed by atoms with Gasteiger partial charge in [0.15, 0.2) is 0 Å². The van der Waals surface area contributed by atoms with E-state index in [1.54, 1.807) is 31.3 Å². The van der Waals surface area contributed by atoms with Crippen molar-refractivity contribution in [2.24, 2.45) is 0 Å². The lowest BCUT2D eigenvalue weighted by atomic mass is 10.2. The Morgan fingerprint density at radius 3 is 2.76 bits per heavy atom. The molecule has 0 bridgehead atoms. The highest BCUT2D eigenvalue weighted by Crippen LogP contribution is 2.13. The number of ether oxygens (including phenoxy) is 1. The zero-order valence-corrected chi connectivity index (χ0v) is 12.3. The van der Waals surface area contributed by atoms with E-state index >= 15 is 0 Å². The molecule has 6 nitrogen and oxygen atoms in total. The molecule has 0 spiro atoms. The topological polar surface area (TPSA) is 82.4 Å². The number of esters is 1. The van der Waals surface area contributed by atoms with E-state index in [9.17, 15) is 9.59 Å². The number of carbonyl (C=O) groups is 2. The van der Waals surface area contributed by atoms with Crippen molar-refractivity contribution >= 4 is 17.6 Å². The zero-order chi connectivity index (χ0) is 15.7. The molecule has 0 saturated heterocycles. The predicted octanol–water partition coefficient (Wildman–Crippen LogP) is 1.38. The van der Waals surface area contributed by atoms with E-state index in [0.717, 1.165) is 0 Å². The molecular weight excluding hydrogens is 270 g/mol. The van der Waals surface area contributed by atoms with Crippen molar-refractivity contribution in [3.63, 3.8) is 0 Å². The molecule has 1 aromatic carbocycles. The number of carbonyl (C=O) groups excluding carboxylic acids is 2. The maximum absolute atomic E-state index is 11.9. The van der Waals surface area contributed by atoms with Crippen molar-refractivity contribution in [2.45, 2.75) is 12.8 Å². The Morgan fingerprint density at radius 1 is 1.38 bits per heavy atom. The first-order valence-corrected chi connectivity index (χ1v) is 6.61. The Balaban J connectivity index is 2.39. The first kappa shape index (κ1) is 16.7. The summed E-state index contributed by atoms with van der Waals surface area (Å²) in [6, 6.07) is 8.87. The highest BCUT2D eigenvalue weighted by molar-refractivity contribution is 5.93. The van der Waals surface area contributed by atoms with Crippen LogP contribution in [0.3, 0.4) is 0 Å². The minimum absolute atomic E-state index is 0.195. The summed E-state index contributed by atoms with van der Waals surface area (Å²) in [5.74, 6) is -0.450. The quantitative estimate of drug-likeness (QED) is 0.767. The lowest BCUT2D eigenvalue weighted by Gasteiger charge is -2.16. The summed E-state index contributed by atoms with van der Waals surface area (Å²) < 4.78 is 4.55. The molecule has 0 aliphatic rings. The number of hydrogen-bond acceptors (Lipinski definition) is 5. The van der Waals surface area contributed by atoms with Crippen LogP contribution in [0.25, 0.3) is 0 Å². The van der Waals surface area contributed by atoms with Crippen molar-refractivity contribution in [2.75, 3.05) is 32.6 Å². The average Bonchev–Trinajstić information content (AvgIpc) is 2.47. The molecule has 0 aliphatic carbocycles. The second-order valence-electron chi connectivity index (χ2n) is 4.62. The number of amides is 1. The molecule has 21 heavy (non-hydrogen) atoms. The number of nitrogens with one attached hydrogen (secondary N) is 1. The van der Waals surface area contributed by atoms with Gasteiger partial charge < -0.3 is 10.1 Å². The molecule has 0 unspecified atom stereocenters. The molecule has 0 aliphatic heterocycles. The van der Waals surface area contributed by atoms with Gasteiger partial charge in [-0.2, -0.15) is 5.26 Å². The van der Waals surface area contributed by atoms with Crippen LogP contribution in [-0.4, -0.2) is 44.0 Å². The third-order valence-electron chi connectivity index (χ3n) is 2.88. The maximum Gasteiger partial charge on any atom is 0.305 e. The van der Waals surface area contributed by atoms with Crippen LogP contribution in [-0.2, 0) is 14.3 Å². The molecule has 0 saturated carbocycles. The maximum atomic E-state index is 11.9. The van der Waals surface area contributed by atoms with Gasteiger partial charge in [0.1, 0.15) is 6.07 Å². The van der Waals surface area contributed by atoms with Crippen LogP contribution in [0.4, 0.5) is 5.69 Å². The van der Waals surface area contributed by atoms with E-state index in [1.165, 1.54) is 7.11 Å². The molecule has 1 rings (SSSR count). The first-order valence-electron chi connectivity index (χ1n) is 6.61. The number of likely N-dealkylation sites (N-methyl/N-ethyl adjacent to an activating group) is 1. The summed E-state index contributed by atoms with van der Waals surface area (Å²) in [4.78, 5) is 24.7. The van der Waals surface area contributed by atoms with Crippen LogP contribution in [0.2, 0.25) is 0 Å². The fraction of sp³-hybridized carbons (Fsp3) is 0.400. The van der Waals surface area contributed by atoms with Gasteiger partial charge in [-0.3, -0.25) is 14.5 Å². The summed E-state index contributed by atoms with van der Waals surface area (Å²) in [6.45, 7) is 0.809. The van der Waals surface area contributed by atoms with Crippen LogP contribution in [0.15, 0.2) is 24.3 Å². The van der Waals surface area contributed by atoms with Gasteiger partial charge in [-0.15, -0.1) is 0 Å². The SMILES string of the molecule is COC(=O)CCCN(C)CC(=O)Nc1ccccc1C#N. The minimum atomic E-state index is -0.254. The van der Waals surface area contributed by atoms with E-state index in [4.69, 9.17) is 5.26 Å². The lowest BCUT2D eigenvalue weighted by Crippen LogP contribution is -2.31. The number of para-hydroxylation sites is 1. The molecule has 0 atom stereocenters. The fourth-order valence-electron chi connectivity index (χ4n) is 1.80. The summed E-state index contributed by atoms with van der Waals surface area (Å²) in [5, 5.41) is 11.7. The number of anilines is 1. The molecule has 0 heterocycles. The van der Waals surface area contributed by atoms with E-state index in [0.29, 0.717) is 30.6 Å². The molecule has 1 amide bonds. The molecule has 1 aromatic rings. The van der Waals surface area contributed by atoms with Crippen LogP contribution >= 0.6 is 0 Å². The monoisotopic (exact) mass is 289 g/mol. The summed E-state index contributed by atoms with van der Waals surface area (Å²) in [5.41, 5.74) is 0.937. The Kier molecular flexibility index (Phi) is 6.92. The van der Waals surface area contributed by atoms with Gasteiger partial charge in [-0.25, -0.2) is 0 Å². The predicted molar refractivity (Wildman–Crippen MR) is 78.5 cm³/mol. The molecular formula is C15H19N3O3. The normalized spacial score (nSPS) is 10.0. The number of hydrogen-bond donors (Lipinski definition) is 1. The Morgan fingerprint density at radius 2 is 2.10 bits per heavy atom. The molecule has 1 N–H and O–H groups in total. The Bertz CT molecular complexity index is 537. The van der Waals surface area contributed by atoms with E-state index in [1.807, 2.05) is 11.0 Å². The highest BCUT2D eigenvalue weighted by Gasteiger charge is 2.09. The lowest BCUT2D eigenvalue weighted by molar-refractivity contribution is -0.140. The van der Waals surface area contributed by atoms with Crippen molar-refractivity contribution in [3.05, 3.63) is 29.8 Å². The van der Waals surface area contributed by atoms with Crippen LogP contribution < -0.4 is 5.32 Å². The second kappa shape index (κ2) is 8.72. The number of methoxy groups -OCH3 is 1. The molecule has 0 fully saturated rings. The van der Waals surface area contributed by atoms with E-state index in [-0.39, 0.29) is 18.4 Å². The van der Waals surface area contributed by atoms with Gasteiger partial charge in [0.2, 0.25) is 5.91 Å². The summed E-state index contributed by atoms with van der Waals surface area (Å²) in [6.07, 6.45) is 0.963. The largest absolute Gasteiger partial charge is 0.469 e. The fourth-order valence-corrected chi connectivity index (χ4v) is 1.80. The number of benzene rings is 1.